The van der Waals surface area contributed by atoms with Crippen LogP contribution in [0.3, 0.4) is 0 Å². The Labute approximate surface area is 107 Å². The van der Waals surface area contributed by atoms with E-state index in [0.717, 1.165) is 5.69 Å². The number of carbonyl (C=O) groups excluding carboxylic acids is 1. The maximum Gasteiger partial charge on any atom is 0.339 e. The van der Waals surface area contributed by atoms with Crippen molar-refractivity contribution in [1.82, 2.24) is 14.8 Å². The molecule has 0 aliphatic rings. The molecule has 2 rings (SSSR count). The molecule has 1 heterocycles. The number of rotatable bonds is 3. The Morgan fingerprint density at radius 1 is 1.41 bits per heavy atom. The fourth-order valence-electron chi connectivity index (χ4n) is 1.37. The van der Waals surface area contributed by atoms with Crippen molar-refractivity contribution in [3.05, 3.63) is 40.9 Å². The largest absolute Gasteiger partial charge is 0.462 e. The molecule has 0 radical (unpaired) electrons. The summed E-state index contributed by atoms with van der Waals surface area (Å²) in [6.45, 7) is 2.12. The van der Waals surface area contributed by atoms with Gasteiger partial charge in [0.15, 0.2) is 0 Å². The highest BCUT2D eigenvalue weighted by Crippen LogP contribution is 2.21. The highest BCUT2D eigenvalue weighted by atomic mass is 79.9. The van der Waals surface area contributed by atoms with Crippen molar-refractivity contribution in [1.29, 1.82) is 0 Å². The molecule has 0 unspecified atom stereocenters. The Morgan fingerprint density at radius 3 is 2.76 bits per heavy atom. The van der Waals surface area contributed by atoms with Crippen molar-refractivity contribution in [2.24, 2.45) is 0 Å². The van der Waals surface area contributed by atoms with Crippen molar-refractivity contribution < 1.29 is 9.53 Å². The average Bonchev–Trinajstić information content (AvgIpc) is 2.83. The van der Waals surface area contributed by atoms with Crippen molar-refractivity contribution in [3.8, 4) is 5.69 Å². The second-order valence-corrected chi connectivity index (χ2v) is 4.11. The summed E-state index contributed by atoms with van der Waals surface area (Å²) in [5, 5.41) is 7.43. The van der Waals surface area contributed by atoms with E-state index in [1.807, 2.05) is 6.07 Å². The molecule has 0 saturated carbocycles. The second-order valence-electron chi connectivity index (χ2n) is 3.25. The van der Waals surface area contributed by atoms with Gasteiger partial charge in [-0.1, -0.05) is 0 Å². The molecule has 0 spiro atoms. The minimum Gasteiger partial charge on any atom is -0.462 e. The summed E-state index contributed by atoms with van der Waals surface area (Å²) in [5.41, 5.74) is 1.29. The topological polar surface area (TPSA) is 57.0 Å². The van der Waals surface area contributed by atoms with Gasteiger partial charge < -0.3 is 4.74 Å². The summed E-state index contributed by atoms with van der Waals surface area (Å²) in [7, 11) is 0. The van der Waals surface area contributed by atoms with Crippen LogP contribution in [0.15, 0.2) is 35.3 Å². The Hall–Kier alpha value is -1.69. The zero-order valence-corrected chi connectivity index (χ0v) is 10.7. The van der Waals surface area contributed by atoms with Gasteiger partial charge in [0.05, 0.1) is 12.2 Å². The average molecular weight is 296 g/mol. The molecule has 0 aliphatic carbocycles. The standard InChI is InChI=1S/C11H10BrN3O2/c1-2-17-11(16)9-5-8(3-4-10(9)12)15-6-13-14-7-15/h3-7H,2H2,1H3. The summed E-state index contributed by atoms with van der Waals surface area (Å²) in [6.07, 6.45) is 3.14. The van der Waals surface area contributed by atoms with E-state index in [0.29, 0.717) is 16.6 Å². The molecule has 0 saturated heterocycles. The molecule has 0 N–H and O–H groups in total. The van der Waals surface area contributed by atoms with Gasteiger partial charge in [-0.25, -0.2) is 4.79 Å². The fraction of sp³-hybridized carbons (Fsp3) is 0.182. The van der Waals surface area contributed by atoms with Crippen molar-refractivity contribution in [2.75, 3.05) is 6.61 Å². The zero-order chi connectivity index (χ0) is 12.3. The number of halogens is 1. The van der Waals surface area contributed by atoms with Crippen molar-refractivity contribution >= 4 is 21.9 Å². The van der Waals surface area contributed by atoms with Crippen molar-refractivity contribution in [2.45, 2.75) is 6.92 Å². The molecule has 5 nitrogen and oxygen atoms in total. The molecule has 0 bridgehead atoms. The summed E-state index contributed by atoms with van der Waals surface area (Å²) >= 11 is 3.32. The molecule has 88 valence electrons. The van der Waals surface area contributed by atoms with Crippen LogP contribution in [0.4, 0.5) is 0 Å². The fourth-order valence-corrected chi connectivity index (χ4v) is 1.78. The zero-order valence-electron chi connectivity index (χ0n) is 9.13. The van der Waals surface area contributed by atoms with Gasteiger partial charge >= 0.3 is 5.97 Å². The first-order valence-corrected chi connectivity index (χ1v) is 5.83. The van der Waals surface area contributed by atoms with Gasteiger partial charge in [0.1, 0.15) is 12.7 Å². The van der Waals surface area contributed by atoms with Crippen molar-refractivity contribution in [3.63, 3.8) is 0 Å². The predicted molar refractivity (Wildman–Crippen MR) is 65.0 cm³/mol. The molecule has 2 aromatic rings. The molecule has 0 atom stereocenters. The van der Waals surface area contributed by atoms with E-state index in [2.05, 4.69) is 26.1 Å². The summed E-state index contributed by atoms with van der Waals surface area (Å²) in [4.78, 5) is 11.7. The van der Waals surface area contributed by atoms with Crippen LogP contribution in [-0.4, -0.2) is 27.3 Å². The van der Waals surface area contributed by atoms with Crippen LogP contribution in [0.2, 0.25) is 0 Å². The van der Waals surface area contributed by atoms with Crippen LogP contribution < -0.4 is 0 Å². The van der Waals surface area contributed by atoms with Gasteiger partial charge in [0.25, 0.3) is 0 Å². The number of aromatic nitrogens is 3. The van der Waals surface area contributed by atoms with E-state index in [1.54, 1.807) is 36.3 Å². The first-order valence-electron chi connectivity index (χ1n) is 5.04. The maximum absolute atomic E-state index is 11.7. The smallest absolute Gasteiger partial charge is 0.339 e. The maximum atomic E-state index is 11.7. The third kappa shape index (κ3) is 2.52. The molecule has 6 heteroatoms. The predicted octanol–water partition coefficient (Wildman–Crippen LogP) is 2.21. The molecular formula is C11H10BrN3O2. The minimum absolute atomic E-state index is 0.349. The first kappa shape index (κ1) is 11.8. The normalized spacial score (nSPS) is 10.2. The van der Waals surface area contributed by atoms with E-state index in [-0.39, 0.29) is 5.97 Å². The molecule has 0 fully saturated rings. The first-order chi connectivity index (χ1) is 8.22. The molecule has 17 heavy (non-hydrogen) atoms. The quantitative estimate of drug-likeness (QED) is 0.815. The monoisotopic (exact) mass is 295 g/mol. The van der Waals surface area contributed by atoms with E-state index in [1.165, 1.54) is 0 Å². The lowest BCUT2D eigenvalue weighted by Gasteiger charge is -2.07. The summed E-state index contributed by atoms with van der Waals surface area (Å²) in [6, 6.07) is 5.38. The Morgan fingerprint density at radius 2 is 2.12 bits per heavy atom. The Kier molecular flexibility index (Phi) is 3.53. The minimum atomic E-state index is -0.353. The number of nitrogens with zero attached hydrogens (tertiary/aromatic N) is 3. The number of hydrogen-bond donors (Lipinski definition) is 0. The van der Waals surface area contributed by atoms with E-state index >= 15 is 0 Å². The molecule has 0 aliphatic heterocycles. The van der Waals surface area contributed by atoms with E-state index in [9.17, 15) is 4.79 Å². The van der Waals surface area contributed by atoms with Crippen LogP contribution in [0.1, 0.15) is 17.3 Å². The van der Waals surface area contributed by atoms with Gasteiger partial charge in [-0.15, -0.1) is 10.2 Å². The second kappa shape index (κ2) is 5.09. The van der Waals surface area contributed by atoms with E-state index in [4.69, 9.17) is 4.74 Å². The van der Waals surface area contributed by atoms with Crippen LogP contribution in [-0.2, 0) is 4.74 Å². The lowest BCUT2D eigenvalue weighted by atomic mass is 10.2. The number of ether oxygens (including phenoxy) is 1. The SMILES string of the molecule is CCOC(=O)c1cc(-n2cnnc2)ccc1Br. The highest BCUT2D eigenvalue weighted by molar-refractivity contribution is 9.10. The molecule has 0 amide bonds. The molecule has 1 aromatic heterocycles. The Bertz CT molecular complexity index is 526. The van der Waals surface area contributed by atoms with Crippen LogP contribution >= 0.6 is 15.9 Å². The van der Waals surface area contributed by atoms with Gasteiger partial charge in [-0.3, -0.25) is 4.57 Å². The number of esters is 1. The number of benzene rings is 1. The van der Waals surface area contributed by atoms with Gasteiger partial charge in [-0.2, -0.15) is 0 Å². The lowest BCUT2D eigenvalue weighted by Crippen LogP contribution is -2.06. The molecular weight excluding hydrogens is 286 g/mol. The van der Waals surface area contributed by atoms with Gasteiger partial charge in [0.2, 0.25) is 0 Å². The van der Waals surface area contributed by atoms with Gasteiger partial charge in [-0.05, 0) is 41.1 Å². The van der Waals surface area contributed by atoms with Crippen LogP contribution in [0.25, 0.3) is 5.69 Å². The number of hydrogen-bond acceptors (Lipinski definition) is 4. The van der Waals surface area contributed by atoms with Crippen LogP contribution in [0.5, 0.6) is 0 Å². The van der Waals surface area contributed by atoms with Gasteiger partial charge in [0, 0.05) is 10.2 Å². The Balaban J connectivity index is 2.39. The highest BCUT2D eigenvalue weighted by Gasteiger charge is 2.12. The van der Waals surface area contributed by atoms with Crippen LogP contribution in [0, 0.1) is 0 Å². The third-order valence-corrected chi connectivity index (χ3v) is 2.85. The summed E-state index contributed by atoms with van der Waals surface area (Å²) < 4.78 is 7.39. The molecule has 1 aromatic carbocycles. The number of carbonyl (C=O) groups is 1. The summed E-state index contributed by atoms with van der Waals surface area (Å²) in [5.74, 6) is -0.353. The van der Waals surface area contributed by atoms with E-state index < -0.39 is 0 Å². The lowest BCUT2D eigenvalue weighted by molar-refractivity contribution is 0.0525. The third-order valence-electron chi connectivity index (χ3n) is 2.16.